The molecule has 7 nitrogen and oxygen atoms in total. The van der Waals surface area contributed by atoms with E-state index in [1.165, 1.54) is 6.08 Å². The molecule has 0 aliphatic heterocycles. The van der Waals surface area contributed by atoms with E-state index >= 15 is 0 Å². The Balaban J connectivity index is 2.39. The van der Waals surface area contributed by atoms with E-state index in [1.54, 1.807) is 12.1 Å². The van der Waals surface area contributed by atoms with Crippen LogP contribution in [0.3, 0.4) is 0 Å². The highest BCUT2D eigenvalue weighted by atomic mass is 16.6. The number of hydrogen-bond donors (Lipinski definition) is 1. The molecule has 0 unspecified atom stereocenters. The highest BCUT2D eigenvalue weighted by Gasteiger charge is 2.16. The lowest BCUT2D eigenvalue weighted by Crippen LogP contribution is -2.06. The maximum atomic E-state index is 11.3. The normalized spacial score (nSPS) is 11.0. The third-order valence-electron chi connectivity index (χ3n) is 3.05. The smallest absolute Gasteiger partial charge is 0.338 e. The second-order valence-corrected chi connectivity index (χ2v) is 5.23. The van der Waals surface area contributed by atoms with Gasteiger partial charge in [0.1, 0.15) is 11.9 Å². The fraction of sp³-hybridized carbons (Fsp3) is 0.176. The quantitative estimate of drug-likeness (QED) is 0.641. The zero-order valence-electron chi connectivity index (χ0n) is 13.2. The number of benzene rings is 1. The molecular weight excluding hydrogens is 312 g/mol. The minimum atomic E-state index is -1.28. The van der Waals surface area contributed by atoms with Crippen molar-refractivity contribution in [2.45, 2.75) is 20.0 Å². The van der Waals surface area contributed by atoms with Crippen LogP contribution >= 0.6 is 0 Å². The Morgan fingerprint density at radius 1 is 1.33 bits per heavy atom. The molecule has 0 saturated carbocycles. The molecule has 7 heteroatoms. The fourth-order valence-corrected chi connectivity index (χ4v) is 2.02. The highest BCUT2D eigenvalue weighted by molar-refractivity contribution is 5.93. The molecule has 2 rings (SSSR count). The summed E-state index contributed by atoms with van der Waals surface area (Å²) in [5, 5.41) is 20.0. The number of nitrogens with zero attached hydrogens (tertiary/aromatic N) is 2. The SMILES string of the molecule is CC(C)Oc1ccccc1/C=C\c1ncc([N+](=O)[O-])cc1C(=O)O. The number of rotatable bonds is 6. The van der Waals surface area contributed by atoms with Gasteiger partial charge in [-0.3, -0.25) is 10.1 Å². The first-order valence-electron chi connectivity index (χ1n) is 7.20. The van der Waals surface area contributed by atoms with Crippen molar-refractivity contribution in [1.29, 1.82) is 0 Å². The topological polar surface area (TPSA) is 103 Å². The summed E-state index contributed by atoms with van der Waals surface area (Å²) >= 11 is 0. The van der Waals surface area contributed by atoms with Gasteiger partial charge in [-0.05, 0) is 32.1 Å². The number of aromatic carboxylic acids is 1. The van der Waals surface area contributed by atoms with Crippen molar-refractivity contribution in [1.82, 2.24) is 4.98 Å². The molecule has 2 aromatic rings. The molecule has 124 valence electrons. The van der Waals surface area contributed by atoms with Gasteiger partial charge in [-0.15, -0.1) is 0 Å². The van der Waals surface area contributed by atoms with Crippen LogP contribution in [0.15, 0.2) is 36.5 Å². The van der Waals surface area contributed by atoms with Crippen LogP contribution < -0.4 is 4.74 Å². The molecule has 0 fully saturated rings. The van der Waals surface area contributed by atoms with Gasteiger partial charge in [-0.1, -0.05) is 18.2 Å². The molecule has 0 atom stereocenters. The standard InChI is InChI=1S/C17H16N2O5/c1-11(2)24-16-6-4-3-5-12(16)7-8-15-14(17(20)21)9-13(10-18-15)19(22)23/h3-11H,1-2H3,(H,20,21)/b8-7-. The summed E-state index contributed by atoms with van der Waals surface area (Å²) in [4.78, 5) is 25.2. The summed E-state index contributed by atoms with van der Waals surface area (Å²) in [5.41, 5.74) is 0.283. The van der Waals surface area contributed by atoms with Crippen molar-refractivity contribution in [2.24, 2.45) is 0 Å². The Morgan fingerprint density at radius 2 is 2.04 bits per heavy atom. The van der Waals surface area contributed by atoms with Crippen LogP contribution in [0.1, 0.15) is 35.5 Å². The fourth-order valence-electron chi connectivity index (χ4n) is 2.02. The van der Waals surface area contributed by atoms with Gasteiger partial charge in [-0.25, -0.2) is 9.78 Å². The Bertz CT molecular complexity index is 799. The number of pyridine rings is 1. The molecule has 0 aliphatic carbocycles. The predicted molar refractivity (Wildman–Crippen MR) is 89.0 cm³/mol. The largest absolute Gasteiger partial charge is 0.490 e. The summed E-state index contributed by atoms with van der Waals surface area (Å²) < 4.78 is 5.68. The van der Waals surface area contributed by atoms with Gasteiger partial charge in [0.2, 0.25) is 0 Å². The van der Waals surface area contributed by atoms with Crippen LogP contribution in [-0.2, 0) is 0 Å². The molecule has 0 aliphatic rings. The number of para-hydroxylation sites is 1. The number of hydrogen-bond acceptors (Lipinski definition) is 5. The van der Waals surface area contributed by atoms with Crippen LogP contribution in [0.25, 0.3) is 12.2 Å². The van der Waals surface area contributed by atoms with Gasteiger partial charge in [0, 0.05) is 11.6 Å². The summed E-state index contributed by atoms with van der Waals surface area (Å²) in [7, 11) is 0. The number of ether oxygens (including phenoxy) is 1. The Labute approximate surface area is 138 Å². The Kier molecular flexibility index (Phi) is 5.26. The molecule has 1 aromatic carbocycles. The van der Waals surface area contributed by atoms with Crippen LogP contribution in [0.4, 0.5) is 5.69 Å². The highest BCUT2D eigenvalue weighted by Crippen LogP contribution is 2.23. The van der Waals surface area contributed by atoms with Gasteiger partial charge < -0.3 is 9.84 Å². The lowest BCUT2D eigenvalue weighted by Gasteiger charge is -2.12. The number of carboxylic acid groups (broad SMARTS) is 1. The van der Waals surface area contributed by atoms with E-state index in [4.69, 9.17) is 4.74 Å². The first-order valence-corrected chi connectivity index (χ1v) is 7.20. The maximum absolute atomic E-state index is 11.3. The minimum absolute atomic E-state index is 0.00775. The number of aromatic nitrogens is 1. The molecule has 0 bridgehead atoms. The summed E-state index contributed by atoms with van der Waals surface area (Å²) in [6, 6.07) is 8.28. The van der Waals surface area contributed by atoms with Crippen LogP contribution in [0.2, 0.25) is 0 Å². The third-order valence-corrected chi connectivity index (χ3v) is 3.05. The van der Waals surface area contributed by atoms with Crippen molar-refractivity contribution < 1.29 is 19.6 Å². The average Bonchev–Trinajstić information content (AvgIpc) is 2.53. The van der Waals surface area contributed by atoms with E-state index in [9.17, 15) is 20.0 Å². The zero-order chi connectivity index (χ0) is 17.7. The van der Waals surface area contributed by atoms with E-state index < -0.39 is 10.9 Å². The lowest BCUT2D eigenvalue weighted by atomic mass is 10.1. The van der Waals surface area contributed by atoms with Crippen molar-refractivity contribution >= 4 is 23.8 Å². The Hall–Kier alpha value is -3.22. The monoisotopic (exact) mass is 328 g/mol. The second-order valence-electron chi connectivity index (χ2n) is 5.23. The molecule has 0 saturated heterocycles. The van der Waals surface area contributed by atoms with Crippen LogP contribution in [0, 0.1) is 10.1 Å². The first kappa shape index (κ1) is 17.1. The van der Waals surface area contributed by atoms with Gasteiger partial charge in [0.15, 0.2) is 0 Å². The predicted octanol–water partition coefficient (Wildman–Crippen LogP) is 3.65. The average molecular weight is 328 g/mol. The number of carbonyl (C=O) groups is 1. The van der Waals surface area contributed by atoms with Gasteiger partial charge >= 0.3 is 5.97 Å². The molecule has 0 radical (unpaired) electrons. The molecule has 1 heterocycles. The molecule has 0 amide bonds. The lowest BCUT2D eigenvalue weighted by molar-refractivity contribution is -0.385. The minimum Gasteiger partial charge on any atom is -0.490 e. The number of carboxylic acids is 1. The third kappa shape index (κ3) is 4.16. The van der Waals surface area contributed by atoms with Crippen molar-refractivity contribution in [3.8, 4) is 5.75 Å². The number of nitro groups is 1. The van der Waals surface area contributed by atoms with E-state index in [0.29, 0.717) is 5.75 Å². The summed E-state index contributed by atoms with van der Waals surface area (Å²) in [5.74, 6) is -0.625. The van der Waals surface area contributed by atoms with Crippen LogP contribution in [0.5, 0.6) is 5.75 Å². The first-order chi connectivity index (χ1) is 11.4. The van der Waals surface area contributed by atoms with Gasteiger partial charge in [-0.2, -0.15) is 0 Å². The maximum Gasteiger partial charge on any atom is 0.338 e. The molecule has 0 spiro atoms. The van der Waals surface area contributed by atoms with Crippen molar-refractivity contribution in [2.75, 3.05) is 0 Å². The second kappa shape index (κ2) is 7.36. The summed E-state index contributed by atoms with van der Waals surface area (Å²) in [6.07, 6.45) is 4.18. The molecule has 1 aromatic heterocycles. The van der Waals surface area contributed by atoms with Crippen molar-refractivity contribution in [3.05, 3.63) is 63.5 Å². The molecule has 1 N–H and O–H groups in total. The van der Waals surface area contributed by atoms with Crippen molar-refractivity contribution in [3.63, 3.8) is 0 Å². The van der Waals surface area contributed by atoms with E-state index in [0.717, 1.165) is 17.8 Å². The van der Waals surface area contributed by atoms with E-state index in [-0.39, 0.29) is 23.0 Å². The van der Waals surface area contributed by atoms with E-state index in [1.807, 2.05) is 32.0 Å². The zero-order valence-corrected chi connectivity index (χ0v) is 13.2. The van der Waals surface area contributed by atoms with Gasteiger partial charge in [0.25, 0.3) is 5.69 Å². The van der Waals surface area contributed by atoms with Crippen LogP contribution in [-0.4, -0.2) is 27.1 Å². The molecule has 24 heavy (non-hydrogen) atoms. The molecular formula is C17H16N2O5. The van der Waals surface area contributed by atoms with E-state index in [2.05, 4.69) is 4.98 Å². The summed E-state index contributed by atoms with van der Waals surface area (Å²) in [6.45, 7) is 3.81. The Morgan fingerprint density at radius 3 is 2.67 bits per heavy atom. The van der Waals surface area contributed by atoms with Gasteiger partial charge in [0.05, 0.1) is 22.3 Å².